The molecule has 114 valence electrons. The van der Waals surface area contributed by atoms with E-state index in [4.69, 9.17) is 9.84 Å². The second-order valence-electron chi connectivity index (χ2n) is 5.14. The summed E-state index contributed by atoms with van der Waals surface area (Å²) in [4.78, 5) is 13.1. The van der Waals surface area contributed by atoms with Crippen molar-refractivity contribution in [2.24, 2.45) is 0 Å². The van der Waals surface area contributed by atoms with Crippen LogP contribution in [0.5, 0.6) is 5.75 Å². The SMILES string of the molecule is COc1ccc(CN2CCSCC2C)cc1C=CC(=O)O. The lowest BCUT2D eigenvalue weighted by Gasteiger charge is -2.33. The van der Waals surface area contributed by atoms with Crippen molar-refractivity contribution in [3.8, 4) is 5.75 Å². The molecule has 1 aromatic carbocycles. The van der Waals surface area contributed by atoms with E-state index in [1.165, 1.54) is 17.1 Å². The molecule has 1 aliphatic rings. The molecule has 0 radical (unpaired) electrons. The van der Waals surface area contributed by atoms with Gasteiger partial charge < -0.3 is 9.84 Å². The highest BCUT2D eigenvalue weighted by molar-refractivity contribution is 7.99. The first-order valence-corrected chi connectivity index (χ1v) is 8.15. The van der Waals surface area contributed by atoms with Crippen molar-refractivity contribution < 1.29 is 14.6 Å². The molecule has 1 fully saturated rings. The molecular weight excluding hydrogens is 286 g/mol. The number of hydrogen-bond acceptors (Lipinski definition) is 4. The Hall–Kier alpha value is -1.46. The largest absolute Gasteiger partial charge is 0.496 e. The second kappa shape index (κ2) is 7.52. The molecule has 0 saturated carbocycles. The zero-order valence-corrected chi connectivity index (χ0v) is 13.2. The lowest BCUT2D eigenvalue weighted by molar-refractivity contribution is -0.131. The predicted octanol–water partition coefficient (Wildman–Crippen LogP) is 2.73. The number of benzene rings is 1. The molecule has 0 aliphatic carbocycles. The molecule has 4 nitrogen and oxygen atoms in total. The van der Waals surface area contributed by atoms with Gasteiger partial charge in [-0.15, -0.1) is 0 Å². The van der Waals surface area contributed by atoms with Gasteiger partial charge in [-0.2, -0.15) is 11.8 Å². The quantitative estimate of drug-likeness (QED) is 0.848. The van der Waals surface area contributed by atoms with E-state index in [-0.39, 0.29) is 0 Å². The second-order valence-corrected chi connectivity index (χ2v) is 6.29. The summed E-state index contributed by atoms with van der Waals surface area (Å²) in [5.41, 5.74) is 1.98. The van der Waals surface area contributed by atoms with Gasteiger partial charge >= 0.3 is 5.97 Å². The first-order chi connectivity index (χ1) is 10.1. The Balaban J connectivity index is 2.16. The lowest BCUT2D eigenvalue weighted by atomic mass is 10.1. The molecule has 0 bridgehead atoms. The van der Waals surface area contributed by atoms with Gasteiger partial charge in [0.15, 0.2) is 0 Å². The van der Waals surface area contributed by atoms with Crippen LogP contribution in [0.4, 0.5) is 0 Å². The minimum absolute atomic E-state index is 0.573. The Morgan fingerprint density at radius 2 is 2.38 bits per heavy atom. The van der Waals surface area contributed by atoms with Crippen molar-refractivity contribution in [3.05, 3.63) is 35.4 Å². The van der Waals surface area contributed by atoms with Crippen LogP contribution in [-0.4, -0.2) is 47.2 Å². The van der Waals surface area contributed by atoms with Gasteiger partial charge in [-0.05, 0) is 30.7 Å². The normalized spacial score (nSPS) is 19.8. The molecule has 1 heterocycles. The highest BCUT2D eigenvalue weighted by Gasteiger charge is 2.18. The number of carboxylic acids is 1. The number of aliphatic carboxylic acids is 1. The average molecular weight is 307 g/mol. The number of carboxylic acid groups (broad SMARTS) is 1. The molecule has 1 aliphatic heterocycles. The number of hydrogen-bond donors (Lipinski definition) is 1. The van der Waals surface area contributed by atoms with E-state index in [2.05, 4.69) is 11.8 Å². The number of carbonyl (C=O) groups is 1. The monoisotopic (exact) mass is 307 g/mol. The Bertz CT molecular complexity index is 530. The van der Waals surface area contributed by atoms with Crippen LogP contribution in [0.15, 0.2) is 24.3 Å². The molecule has 0 spiro atoms. The van der Waals surface area contributed by atoms with Crippen molar-refractivity contribution >= 4 is 23.8 Å². The third kappa shape index (κ3) is 4.51. The molecule has 1 aromatic rings. The van der Waals surface area contributed by atoms with E-state index >= 15 is 0 Å². The molecule has 0 amide bonds. The molecule has 5 heteroatoms. The van der Waals surface area contributed by atoms with Gasteiger partial charge in [-0.25, -0.2) is 4.79 Å². The average Bonchev–Trinajstić information content (AvgIpc) is 2.47. The zero-order valence-electron chi connectivity index (χ0n) is 12.4. The highest BCUT2D eigenvalue weighted by atomic mass is 32.2. The van der Waals surface area contributed by atoms with E-state index in [0.717, 1.165) is 24.7 Å². The first kappa shape index (κ1) is 15.9. The van der Waals surface area contributed by atoms with E-state index in [0.29, 0.717) is 11.8 Å². The Labute approximate surface area is 129 Å². The van der Waals surface area contributed by atoms with E-state index in [1.807, 2.05) is 30.0 Å². The lowest BCUT2D eigenvalue weighted by Crippen LogP contribution is -2.39. The molecule has 1 unspecified atom stereocenters. The van der Waals surface area contributed by atoms with Crippen molar-refractivity contribution in [2.75, 3.05) is 25.2 Å². The van der Waals surface area contributed by atoms with Gasteiger partial charge in [0.1, 0.15) is 5.75 Å². The summed E-state index contributed by atoms with van der Waals surface area (Å²) in [6.45, 7) is 4.23. The highest BCUT2D eigenvalue weighted by Crippen LogP contribution is 2.24. The molecule has 1 atom stereocenters. The molecule has 0 aromatic heterocycles. The summed E-state index contributed by atoms with van der Waals surface area (Å²) in [5.74, 6) is 2.08. The zero-order chi connectivity index (χ0) is 15.2. The number of thioether (sulfide) groups is 1. The molecule has 21 heavy (non-hydrogen) atoms. The number of methoxy groups -OCH3 is 1. The van der Waals surface area contributed by atoms with Crippen LogP contribution in [0.3, 0.4) is 0 Å². The van der Waals surface area contributed by atoms with Gasteiger partial charge in [0.2, 0.25) is 0 Å². The van der Waals surface area contributed by atoms with Gasteiger partial charge in [-0.1, -0.05) is 6.07 Å². The van der Waals surface area contributed by atoms with Gasteiger partial charge in [-0.3, -0.25) is 4.90 Å². The van der Waals surface area contributed by atoms with E-state index in [9.17, 15) is 4.79 Å². The summed E-state index contributed by atoms with van der Waals surface area (Å²) in [6.07, 6.45) is 2.72. The number of rotatable bonds is 5. The van der Waals surface area contributed by atoms with E-state index < -0.39 is 5.97 Å². The van der Waals surface area contributed by atoms with Crippen molar-refractivity contribution in [2.45, 2.75) is 19.5 Å². The number of ether oxygens (including phenoxy) is 1. The van der Waals surface area contributed by atoms with Crippen LogP contribution in [0.25, 0.3) is 6.08 Å². The maximum absolute atomic E-state index is 10.7. The fourth-order valence-corrected chi connectivity index (χ4v) is 3.49. The Kier molecular flexibility index (Phi) is 5.70. The predicted molar refractivity (Wildman–Crippen MR) is 86.9 cm³/mol. The van der Waals surface area contributed by atoms with E-state index in [1.54, 1.807) is 13.2 Å². The smallest absolute Gasteiger partial charge is 0.328 e. The summed E-state index contributed by atoms with van der Waals surface area (Å²) in [5, 5.41) is 8.77. The van der Waals surface area contributed by atoms with Crippen LogP contribution in [0.1, 0.15) is 18.1 Å². The van der Waals surface area contributed by atoms with Gasteiger partial charge in [0.05, 0.1) is 7.11 Å². The summed E-state index contributed by atoms with van der Waals surface area (Å²) in [7, 11) is 1.59. The summed E-state index contributed by atoms with van der Waals surface area (Å²) in [6, 6.07) is 6.53. The van der Waals surface area contributed by atoms with Gasteiger partial charge in [0.25, 0.3) is 0 Å². The standard InChI is InChI=1S/C16H21NO3S/c1-12-11-21-8-7-17(12)10-13-3-5-15(20-2)14(9-13)4-6-16(18)19/h3-6,9,12H,7-8,10-11H2,1-2H3,(H,18,19). The third-order valence-corrected chi connectivity index (χ3v) is 4.78. The topological polar surface area (TPSA) is 49.8 Å². The molecule has 1 N–H and O–H groups in total. The Morgan fingerprint density at radius 3 is 3.05 bits per heavy atom. The van der Waals surface area contributed by atoms with Crippen LogP contribution in [0, 0.1) is 0 Å². The number of nitrogens with zero attached hydrogens (tertiary/aromatic N) is 1. The Morgan fingerprint density at radius 1 is 1.57 bits per heavy atom. The third-order valence-electron chi connectivity index (χ3n) is 3.59. The summed E-state index contributed by atoms with van der Waals surface area (Å²) < 4.78 is 5.28. The minimum Gasteiger partial charge on any atom is -0.496 e. The van der Waals surface area contributed by atoms with Crippen LogP contribution in [-0.2, 0) is 11.3 Å². The maximum atomic E-state index is 10.7. The molecule has 2 rings (SSSR count). The molecular formula is C16H21NO3S. The van der Waals surface area contributed by atoms with Crippen LogP contribution >= 0.6 is 11.8 Å². The van der Waals surface area contributed by atoms with Crippen LogP contribution in [0.2, 0.25) is 0 Å². The van der Waals surface area contributed by atoms with Crippen molar-refractivity contribution in [3.63, 3.8) is 0 Å². The first-order valence-electron chi connectivity index (χ1n) is 7.00. The fourth-order valence-electron chi connectivity index (χ4n) is 2.40. The molecule has 1 saturated heterocycles. The fraction of sp³-hybridized carbons (Fsp3) is 0.438. The summed E-state index contributed by atoms with van der Waals surface area (Å²) >= 11 is 2.00. The van der Waals surface area contributed by atoms with Gasteiger partial charge in [0, 0.05) is 42.3 Å². The minimum atomic E-state index is -0.955. The van der Waals surface area contributed by atoms with Crippen LogP contribution < -0.4 is 4.74 Å². The maximum Gasteiger partial charge on any atom is 0.328 e. The van der Waals surface area contributed by atoms with Crippen molar-refractivity contribution in [1.29, 1.82) is 0 Å². The van der Waals surface area contributed by atoms with Crippen molar-refractivity contribution in [1.82, 2.24) is 4.90 Å².